The van der Waals surface area contributed by atoms with Crippen LogP contribution in [0.2, 0.25) is 0 Å². The monoisotopic (exact) mass is 342 g/mol. The summed E-state index contributed by atoms with van der Waals surface area (Å²) >= 11 is 0. The molecule has 1 aliphatic heterocycles. The van der Waals surface area contributed by atoms with Crippen LogP contribution in [0.4, 0.5) is 0 Å². The lowest BCUT2D eigenvalue weighted by molar-refractivity contribution is -0.138. The molecule has 1 amide bonds. The number of halogens is 1. The van der Waals surface area contributed by atoms with Crippen LogP contribution in [0.1, 0.15) is 18.4 Å². The fourth-order valence-electron chi connectivity index (χ4n) is 2.46. The number of hydrogen-bond donors (Lipinski definition) is 2. The standard InChI is InChI=1S/C16H22N2O4.ClH/c19-15(17-10-16(20)21)11-18-8-6-14(7-9-18)22-12-13-4-2-1-3-5-13;/h1-5,14H,6-12H2,(H,17,19)(H,20,21);1H. The molecule has 1 heterocycles. The summed E-state index contributed by atoms with van der Waals surface area (Å²) in [7, 11) is 0. The minimum Gasteiger partial charge on any atom is -0.480 e. The largest absolute Gasteiger partial charge is 0.480 e. The summed E-state index contributed by atoms with van der Waals surface area (Å²) in [4.78, 5) is 24.0. The Bertz CT molecular complexity index is 490. The van der Waals surface area contributed by atoms with Crippen molar-refractivity contribution in [3.63, 3.8) is 0 Å². The fourth-order valence-corrected chi connectivity index (χ4v) is 2.46. The highest BCUT2D eigenvalue weighted by molar-refractivity contribution is 5.85. The van der Waals surface area contributed by atoms with Crippen LogP contribution in [-0.4, -0.2) is 54.2 Å². The maximum Gasteiger partial charge on any atom is 0.322 e. The second-order valence-corrected chi connectivity index (χ2v) is 5.44. The van der Waals surface area contributed by atoms with Gasteiger partial charge < -0.3 is 15.2 Å². The zero-order chi connectivity index (χ0) is 15.8. The van der Waals surface area contributed by atoms with Gasteiger partial charge in [-0.1, -0.05) is 30.3 Å². The number of ether oxygens (including phenoxy) is 1. The van der Waals surface area contributed by atoms with E-state index in [0.717, 1.165) is 31.5 Å². The molecular formula is C16H23ClN2O4. The molecule has 23 heavy (non-hydrogen) atoms. The number of amides is 1. The van der Waals surface area contributed by atoms with Crippen molar-refractivity contribution in [3.8, 4) is 0 Å². The van der Waals surface area contributed by atoms with Crippen molar-refractivity contribution in [2.75, 3.05) is 26.2 Å². The van der Waals surface area contributed by atoms with E-state index in [2.05, 4.69) is 5.32 Å². The highest BCUT2D eigenvalue weighted by Crippen LogP contribution is 2.15. The highest BCUT2D eigenvalue weighted by Gasteiger charge is 2.21. The summed E-state index contributed by atoms with van der Waals surface area (Å²) in [6.45, 7) is 2.12. The van der Waals surface area contributed by atoms with E-state index in [0.29, 0.717) is 6.61 Å². The molecule has 1 aliphatic rings. The van der Waals surface area contributed by atoms with Crippen LogP contribution in [-0.2, 0) is 20.9 Å². The maximum atomic E-state index is 11.6. The van der Waals surface area contributed by atoms with E-state index in [1.165, 1.54) is 0 Å². The van der Waals surface area contributed by atoms with Gasteiger partial charge in [0.05, 0.1) is 19.3 Å². The topological polar surface area (TPSA) is 78.9 Å². The number of carboxylic acid groups (broad SMARTS) is 1. The summed E-state index contributed by atoms with van der Waals surface area (Å²) in [6.07, 6.45) is 2.00. The number of benzene rings is 1. The van der Waals surface area contributed by atoms with Gasteiger partial charge in [-0.15, -0.1) is 12.4 Å². The average Bonchev–Trinajstić information content (AvgIpc) is 2.53. The first-order chi connectivity index (χ1) is 10.6. The van der Waals surface area contributed by atoms with Gasteiger partial charge in [-0.2, -0.15) is 0 Å². The molecular weight excluding hydrogens is 320 g/mol. The van der Waals surface area contributed by atoms with Crippen LogP contribution in [0.25, 0.3) is 0 Å². The third-order valence-electron chi connectivity index (χ3n) is 3.67. The molecule has 1 fully saturated rings. The van der Waals surface area contributed by atoms with Crippen molar-refractivity contribution in [2.45, 2.75) is 25.6 Å². The first kappa shape index (κ1) is 19.4. The van der Waals surface area contributed by atoms with Crippen LogP contribution < -0.4 is 5.32 Å². The molecule has 0 unspecified atom stereocenters. The summed E-state index contributed by atoms with van der Waals surface area (Å²) < 4.78 is 5.90. The number of carboxylic acids is 1. The van der Waals surface area contributed by atoms with Gasteiger partial charge in [0.25, 0.3) is 0 Å². The summed E-state index contributed by atoms with van der Waals surface area (Å²) in [5.74, 6) is -1.27. The summed E-state index contributed by atoms with van der Waals surface area (Å²) in [6, 6.07) is 10.1. The van der Waals surface area contributed by atoms with E-state index in [1.54, 1.807) is 0 Å². The van der Waals surface area contributed by atoms with Crippen molar-refractivity contribution in [1.82, 2.24) is 10.2 Å². The molecule has 0 spiro atoms. The molecule has 2 N–H and O–H groups in total. The second kappa shape index (κ2) is 10.2. The predicted molar refractivity (Wildman–Crippen MR) is 88.6 cm³/mol. The Kier molecular flexibility index (Phi) is 8.61. The molecule has 1 aromatic carbocycles. The molecule has 7 heteroatoms. The van der Waals surface area contributed by atoms with Crippen LogP contribution >= 0.6 is 12.4 Å². The number of likely N-dealkylation sites (tertiary alicyclic amines) is 1. The van der Waals surface area contributed by atoms with Crippen molar-refractivity contribution >= 4 is 24.3 Å². The van der Waals surface area contributed by atoms with Crippen molar-refractivity contribution in [3.05, 3.63) is 35.9 Å². The van der Waals surface area contributed by atoms with Gasteiger partial charge in [0.1, 0.15) is 6.54 Å². The average molecular weight is 343 g/mol. The lowest BCUT2D eigenvalue weighted by Gasteiger charge is -2.31. The Morgan fingerprint density at radius 3 is 2.48 bits per heavy atom. The second-order valence-electron chi connectivity index (χ2n) is 5.44. The normalized spacial score (nSPS) is 15.7. The lowest BCUT2D eigenvalue weighted by atomic mass is 10.1. The minimum absolute atomic E-state index is 0. The predicted octanol–water partition coefficient (Wildman–Crippen LogP) is 1.29. The summed E-state index contributed by atoms with van der Waals surface area (Å²) in [5.41, 5.74) is 1.16. The fraction of sp³-hybridized carbons (Fsp3) is 0.500. The van der Waals surface area contributed by atoms with Crippen LogP contribution in [0.15, 0.2) is 30.3 Å². The number of aliphatic carboxylic acids is 1. The minimum atomic E-state index is -1.03. The zero-order valence-corrected chi connectivity index (χ0v) is 13.8. The van der Waals surface area contributed by atoms with Crippen LogP contribution in [0.5, 0.6) is 0 Å². The SMILES string of the molecule is Cl.O=C(O)CNC(=O)CN1CCC(OCc2ccccc2)CC1. The Balaban J connectivity index is 0.00000264. The number of rotatable bonds is 7. The highest BCUT2D eigenvalue weighted by atomic mass is 35.5. The molecule has 0 bridgehead atoms. The molecule has 0 radical (unpaired) electrons. The quantitative estimate of drug-likeness (QED) is 0.780. The maximum absolute atomic E-state index is 11.6. The number of nitrogens with zero attached hydrogens (tertiary/aromatic N) is 1. The van der Waals surface area contributed by atoms with Gasteiger partial charge in [-0.05, 0) is 18.4 Å². The number of carbonyl (C=O) groups is 2. The molecule has 0 atom stereocenters. The Morgan fingerprint density at radius 2 is 1.87 bits per heavy atom. The van der Waals surface area contributed by atoms with Crippen LogP contribution in [0, 0.1) is 0 Å². The Hall–Kier alpha value is -1.63. The first-order valence-corrected chi connectivity index (χ1v) is 7.50. The van der Waals surface area contributed by atoms with E-state index in [4.69, 9.17) is 9.84 Å². The van der Waals surface area contributed by atoms with Gasteiger partial charge in [-0.3, -0.25) is 14.5 Å². The van der Waals surface area contributed by atoms with Gasteiger partial charge in [0, 0.05) is 13.1 Å². The van der Waals surface area contributed by atoms with Gasteiger partial charge in [0.2, 0.25) is 5.91 Å². The smallest absolute Gasteiger partial charge is 0.322 e. The summed E-state index contributed by atoms with van der Waals surface area (Å²) in [5, 5.41) is 10.9. The van der Waals surface area contributed by atoms with E-state index in [1.807, 2.05) is 35.2 Å². The van der Waals surface area contributed by atoms with Gasteiger partial charge >= 0.3 is 5.97 Å². The number of nitrogens with one attached hydrogen (secondary N) is 1. The molecule has 2 rings (SSSR count). The molecule has 6 nitrogen and oxygen atoms in total. The van der Waals surface area contributed by atoms with E-state index in [9.17, 15) is 9.59 Å². The van der Waals surface area contributed by atoms with E-state index in [-0.39, 0.29) is 37.5 Å². The number of piperidine rings is 1. The molecule has 0 saturated carbocycles. The Labute approximate surface area is 142 Å². The van der Waals surface area contributed by atoms with E-state index >= 15 is 0 Å². The number of carbonyl (C=O) groups excluding carboxylic acids is 1. The van der Waals surface area contributed by atoms with Crippen molar-refractivity contribution in [2.24, 2.45) is 0 Å². The Morgan fingerprint density at radius 1 is 1.22 bits per heavy atom. The zero-order valence-electron chi connectivity index (χ0n) is 12.9. The van der Waals surface area contributed by atoms with Crippen LogP contribution in [0.3, 0.4) is 0 Å². The van der Waals surface area contributed by atoms with Crippen molar-refractivity contribution < 1.29 is 19.4 Å². The first-order valence-electron chi connectivity index (χ1n) is 7.50. The van der Waals surface area contributed by atoms with Gasteiger partial charge in [-0.25, -0.2) is 0 Å². The molecule has 1 aromatic rings. The van der Waals surface area contributed by atoms with Crippen molar-refractivity contribution in [1.29, 1.82) is 0 Å². The molecule has 0 aliphatic carbocycles. The molecule has 0 aromatic heterocycles. The lowest BCUT2D eigenvalue weighted by Crippen LogP contribution is -2.44. The van der Waals surface area contributed by atoms with Gasteiger partial charge in [0.15, 0.2) is 0 Å². The molecule has 1 saturated heterocycles. The molecule has 128 valence electrons. The third-order valence-corrected chi connectivity index (χ3v) is 3.67. The third kappa shape index (κ3) is 7.45. The number of hydrogen-bond acceptors (Lipinski definition) is 4. The van der Waals surface area contributed by atoms with E-state index < -0.39 is 5.97 Å².